The first-order valence-electron chi connectivity index (χ1n) is 7.06. The molecule has 0 N–H and O–H groups in total. The number of rotatable bonds is 8. The Morgan fingerprint density at radius 1 is 1.25 bits per heavy atom. The fourth-order valence-corrected chi connectivity index (χ4v) is 2.82. The Balaban J connectivity index is 2.39. The van der Waals surface area contributed by atoms with E-state index in [1.807, 2.05) is 18.2 Å². The normalized spacial score (nSPS) is 11.8. The van der Waals surface area contributed by atoms with Gasteiger partial charge in [-0.1, -0.05) is 29.8 Å². The Bertz CT molecular complexity index is 422. The van der Waals surface area contributed by atoms with E-state index in [2.05, 4.69) is 32.1 Å². The Labute approximate surface area is 126 Å². The standard InChI is InChI=1S/C17H24O2S/c1-14(2)9-7-8-10-16(19-15(3)18)13-20-17-11-5-4-6-12-17/h4-6,9,11-12,16H,7-8,10,13H2,1-3H3. The summed E-state index contributed by atoms with van der Waals surface area (Å²) in [6.07, 6.45) is 5.26. The van der Waals surface area contributed by atoms with Gasteiger partial charge in [-0.2, -0.15) is 0 Å². The second-order valence-corrected chi connectivity index (χ2v) is 6.16. The highest BCUT2D eigenvalue weighted by Gasteiger charge is 2.12. The molecule has 1 unspecified atom stereocenters. The van der Waals surface area contributed by atoms with Crippen molar-refractivity contribution >= 4 is 17.7 Å². The first-order valence-corrected chi connectivity index (χ1v) is 8.05. The summed E-state index contributed by atoms with van der Waals surface area (Å²) >= 11 is 1.74. The zero-order valence-electron chi connectivity index (χ0n) is 12.6. The van der Waals surface area contributed by atoms with Crippen molar-refractivity contribution in [3.63, 3.8) is 0 Å². The maximum absolute atomic E-state index is 11.2. The molecule has 1 rings (SSSR count). The summed E-state index contributed by atoms with van der Waals surface area (Å²) in [6, 6.07) is 10.2. The quantitative estimate of drug-likeness (QED) is 0.296. The molecule has 0 bridgehead atoms. The van der Waals surface area contributed by atoms with E-state index in [0.717, 1.165) is 25.0 Å². The first kappa shape index (κ1) is 16.8. The number of ether oxygens (including phenoxy) is 1. The van der Waals surface area contributed by atoms with Crippen molar-refractivity contribution in [2.75, 3.05) is 5.75 Å². The minimum atomic E-state index is -0.189. The molecule has 110 valence electrons. The molecule has 0 saturated heterocycles. The van der Waals surface area contributed by atoms with Crippen LogP contribution >= 0.6 is 11.8 Å². The third-order valence-corrected chi connectivity index (χ3v) is 3.94. The smallest absolute Gasteiger partial charge is 0.302 e. The van der Waals surface area contributed by atoms with Gasteiger partial charge >= 0.3 is 5.97 Å². The molecular weight excluding hydrogens is 268 g/mol. The van der Waals surface area contributed by atoms with Crippen LogP contribution in [0.3, 0.4) is 0 Å². The summed E-state index contributed by atoms with van der Waals surface area (Å²) in [6.45, 7) is 5.69. The van der Waals surface area contributed by atoms with Crippen LogP contribution in [0.1, 0.15) is 40.0 Å². The van der Waals surface area contributed by atoms with Gasteiger partial charge in [-0.15, -0.1) is 11.8 Å². The van der Waals surface area contributed by atoms with Crippen LogP contribution in [0.25, 0.3) is 0 Å². The summed E-state index contributed by atoms with van der Waals surface area (Å²) in [4.78, 5) is 12.4. The van der Waals surface area contributed by atoms with Gasteiger partial charge in [0.25, 0.3) is 0 Å². The molecule has 0 aromatic heterocycles. The van der Waals surface area contributed by atoms with E-state index in [1.54, 1.807) is 11.8 Å². The first-order chi connectivity index (χ1) is 9.58. The van der Waals surface area contributed by atoms with Crippen LogP contribution in [0.5, 0.6) is 0 Å². The highest BCUT2D eigenvalue weighted by atomic mass is 32.2. The summed E-state index contributed by atoms with van der Waals surface area (Å²) in [7, 11) is 0. The number of esters is 1. The molecule has 1 atom stereocenters. The van der Waals surface area contributed by atoms with Crippen molar-refractivity contribution in [1.82, 2.24) is 0 Å². The van der Waals surface area contributed by atoms with Crippen molar-refractivity contribution in [1.29, 1.82) is 0 Å². The Hall–Kier alpha value is -1.22. The molecule has 1 aromatic rings. The maximum Gasteiger partial charge on any atom is 0.302 e. The van der Waals surface area contributed by atoms with Crippen molar-refractivity contribution < 1.29 is 9.53 Å². The number of allylic oxidation sites excluding steroid dienone is 2. The molecule has 3 heteroatoms. The molecule has 0 aliphatic rings. The van der Waals surface area contributed by atoms with Gasteiger partial charge in [-0.25, -0.2) is 0 Å². The highest BCUT2D eigenvalue weighted by Crippen LogP contribution is 2.21. The predicted molar refractivity (Wildman–Crippen MR) is 86.0 cm³/mol. The molecule has 0 spiro atoms. The molecule has 1 aromatic carbocycles. The van der Waals surface area contributed by atoms with Gasteiger partial charge in [-0.3, -0.25) is 4.79 Å². The van der Waals surface area contributed by atoms with Gasteiger partial charge in [0.1, 0.15) is 6.10 Å². The van der Waals surface area contributed by atoms with Crippen LogP contribution in [0.15, 0.2) is 46.9 Å². The lowest BCUT2D eigenvalue weighted by Gasteiger charge is -2.16. The maximum atomic E-state index is 11.2. The largest absolute Gasteiger partial charge is 0.462 e. The fourth-order valence-electron chi connectivity index (χ4n) is 1.85. The SMILES string of the molecule is CC(=O)OC(CCCC=C(C)C)CSc1ccccc1. The summed E-state index contributed by atoms with van der Waals surface area (Å²) < 4.78 is 5.40. The fraction of sp³-hybridized carbons (Fsp3) is 0.471. The predicted octanol–water partition coefficient (Wildman–Crippen LogP) is 4.85. The minimum absolute atomic E-state index is 0.00303. The van der Waals surface area contributed by atoms with E-state index in [-0.39, 0.29) is 12.1 Å². The lowest BCUT2D eigenvalue weighted by molar-refractivity contribution is -0.145. The van der Waals surface area contributed by atoms with E-state index in [0.29, 0.717) is 0 Å². The molecule has 0 aliphatic heterocycles. The molecule has 0 heterocycles. The second-order valence-electron chi connectivity index (χ2n) is 5.07. The average molecular weight is 292 g/mol. The summed E-state index contributed by atoms with van der Waals surface area (Å²) in [5.41, 5.74) is 1.34. The van der Waals surface area contributed by atoms with Crippen molar-refractivity contribution in [2.45, 2.75) is 51.0 Å². The van der Waals surface area contributed by atoms with E-state index in [9.17, 15) is 4.79 Å². The van der Waals surface area contributed by atoms with Crippen molar-refractivity contribution in [3.05, 3.63) is 42.0 Å². The Kier molecular flexibility index (Phi) is 8.12. The van der Waals surface area contributed by atoms with E-state index >= 15 is 0 Å². The second kappa shape index (κ2) is 9.65. The molecular formula is C17H24O2S. The number of thioether (sulfide) groups is 1. The van der Waals surface area contributed by atoms with Crippen LogP contribution in [0.4, 0.5) is 0 Å². The zero-order valence-corrected chi connectivity index (χ0v) is 13.4. The van der Waals surface area contributed by atoms with Crippen molar-refractivity contribution in [3.8, 4) is 0 Å². The zero-order chi connectivity index (χ0) is 14.8. The molecule has 0 amide bonds. The third-order valence-electron chi connectivity index (χ3n) is 2.79. The molecule has 0 radical (unpaired) electrons. The summed E-state index contributed by atoms with van der Waals surface area (Å²) in [5.74, 6) is 0.629. The number of carbonyl (C=O) groups excluding carboxylic acids is 1. The number of carbonyl (C=O) groups is 1. The van der Waals surface area contributed by atoms with Crippen LogP contribution in [-0.2, 0) is 9.53 Å². The number of hydrogen-bond donors (Lipinski definition) is 0. The molecule has 0 aliphatic carbocycles. The Morgan fingerprint density at radius 2 is 1.95 bits per heavy atom. The van der Waals surface area contributed by atoms with E-state index < -0.39 is 0 Å². The van der Waals surface area contributed by atoms with Gasteiger partial charge in [0.05, 0.1) is 0 Å². The van der Waals surface area contributed by atoms with E-state index in [1.165, 1.54) is 17.4 Å². The van der Waals surface area contributed by atoms with Gasteiger partial charge in [0.2, 0.25) is 0 Å². The topological polar surface area (TPSA) is 26.3 Å². The number of unbranched alkanes of at least 4 members (excludes halogenated alkanes) is 1. The molecule has 2 nitrogen and oxygen atoms in total. The summed E-state index contributed by atoms with van der Waals surface area (Å²) in [5, 5.41) is 0. The lowest BCUT2D eigenvalue weighted by Crippen LogP contribution is -2.18. The molecule has 0 fully saturated rings. The van der Waals surface area contributed by atoms with Crippen LogP contribution < -0.4 is 0 Å². The van der Waals surface area contributed by atoms with Gasteiger partial charge in [0, 0.05) is 17.6 Å². The van der Waals surface area contributed by atoms with E-state index in [4.69, 9.17) is 4.74 Å². The number of benzene rings is 1. The molecule has 20 heavy (non-hydrogen) atoms. The third kappa shape index (κ3) is 8.05. The van der Waals surface area contributed by atoms with Crippen LogP contribution in [0.2, 0.25) is 0 Å². The average Bonchev–Trinajstić information content (AvgIpc) is 2.41. The van der Waals surface area contributed by atoms with Gasteiger partial charge in [0.15, 0.2) is 0 Å². The van der Waals surface area contributed by atoms with Gasteiger partial charge < -0.3 is 4.74 Å². The minimum Gasteiger partial charge on any atom is -0.462 e. The van der Waals surface area contributed by atoms with Crippen LogP contribution in [-0.4, -0.2) is 17.8 Å². The lowest BCUT2D eigenvalue weighted by atomic mass is 10.1. The Morgan fingerprint density at radius 3 is 2.55 bits per heavy atom. The van der Waals surface area contributed by atoms with Crippen molar-refractivity contribution in [2.24, 2.45) is 0 Å². The molecule has 0 saturated carbocycles. The monoisotopic (exact) mass is 292 g/mol. The highest BCUT2D eigenvalue weighted by molar-refractivity contribution is 7.99. The number of hydrogen-bond acceptors (Lipinski definition) is 3. The van der Waals surface area contributed by atoms with Crippen LogP contribution in [0, 0.1) is 0 Å². The van der Waals surface area contributed by atoms with Gasteiger partial charge in [-0.05, 0) is 45.2 Å².